The first-order valence-corrected chi connectivity index (χ1v) is 6.27. The topological polar surface area (TPSA) is 27.7 Å². The molecule has 0 spiro atoms. The molecule has 0 saturated carbocycles. The highest BCUT2D eigenvalue weighted by atomic mass is 32.1. The number of unbranched alkanes of at least 4 members (excludes halogenated alkanes) is 1. The van der Waals surface area contributed by atoms with Crippen LogP contribution < -0.4 is 0 Å². The number of thiol groups is 1. The summed E-state index contributed by atoms with van der Waals surface area (Å²) >= 11 is 8.47. The Morgan fingerprint density at radius 2 is 2.00 bits per heavy atom. The maximum atomic E-state index is 5.51. The first kappa shape index (κ1) is 15.7. The summed E-state index contributed by atoms with van der Waals surface area (Å²) in [5.41, 5.74) is 0. The monoisotopic (exact) mass is 264 g/mol. The van der Waals surface area contributed by atoms with Crippen LogP contribution >= 0.6 is 24.8 Å². The van der Waals surface area contributed by atoms with Gasteiger partial charge in [-0.1, -0.05) is 26.0 Å². The van der Waals surface area contributed by atoms with Crippen LogP contribution in [-0.2, 0) is 14.2 Å². The fraction of sp³-hybridized carbons (Fsp3) is 0.727. The van der Waals surface area contributed by atoms with Crippen LogP contribution in [0.15, 0.2) is 11.8 Å². The largest absolute Gasteiger partial charge is 0.496 e. The van der Waals surface area contributed by atoms with Crippen LogP contribution in [0.25, 0.3) is 0 Å². The van der Waals surface area contributed by atoms with E-state index < -0.39 is 0 Å². The molecule has 0 aliphatic rings. The van der Waals surface area contributed by atoms with Gasteiger partial charge in [0.2, 0.25) is 4.38 Å². The van der Waals surface area contributed by atoms with E-state index in [2.05, 4.69) is 31.8 Å². The lowest BCUT2D eigenvalue weighted by atomic mass is 10.3. The van der Waals surface area contributed by atoms with Gasteiger partial charge in [-0.05, 0) is 31.6 Å². The van der Waals surface area contributed by atoms with Gasteiger partial charge in [0.05, 0.1) is 13.2 Å². The molecule has 0 amide bonds. The Morgan fingerprint density at radius 3 is 2.56 bits per heavy atom. The second-order valence-corrected chi connectivity index (χ2v) is 4.20. The molecule has 16 heavy (non-hydrogen) atoms. The van der Waals surface area contributed by atoms with Crippen molar-refractivity contribution >= 4 is 29.2 Å². The SMILES string of the molecule is CC=C(COCCOC(=S)S)OCCCC. The van der Waals surface area contributed by atoms with Crippen molar-refractivity contribution in [2.24, 2.45) is 0 Å². The summed E-state index contributed by atoms with van der Waals surface area (Å²) in [5.74, 6) is 0.863. The molecule has 3 nitrogen and oxygen atoms in total. The number of hydrogen-bond acceptors (Lipinski definition) is 4. The normalized spacial score (nSPS) is 11.3. The Morgan fingerprint density at radius 1 is 1.25 bits per heavy atom. The molecule has 5 heteroatoms. The van der Waals surface area contributed by atoms with Gasteiger partial charge >= 0.3 is 0 Å². The smallest absolute Gasteiger partial charge is 0.216 e. The molecular formula is C11H20O3S2. The van der Waals surface area contributed by atoms with Crippen LogP contribution in [0.3, 0.4) is 0 Å². The number of allylic oxidation sites excluding steroid dienone is 1. The Kier molecular flexibility index (Phi) is 11.0. The molecule has 0 bridgehead atoms. The summed E-state index contributed by atoms with van der Waals surface area (Å²) in [7, 11) is 0. The minimum atomic E-state index is 0.244. The first-order valence-electron chi connectivity index (χ1n) is 5.42. The molecule has 0 atom stereocenters. The van der Waals surface area contributed by atoms with E-state index in [1.54, 1.807) is 0 Å². The lowest BCUT2D eigenvalue weighted by Crippen LogP contribution is -2.09. The van der Waals surface area contributed by atoms with E-state index in [0.29, 0.717) is 19.8 Å². The van der Waals surface area contributed by atoms with E-state index >= 15 is 0 Å². The lowest BCUT2D eigenvalue weighted by Gasteiger charge is -2.10. The second kappa shape index (κ2) is 11.2. The van der Waals surface area contributed by atoms with Crippen molar-refractivity contribution in [1.29, 1.82) is 0 Å². The molecule has 0 saturated heterocycles. The highest BCUT2D eigenvalue weighted by Crippen LogP contribution is 2.00. The van der Waals surface area contributed by atoms with Gasteiger partial charge in [-0.3, -0.25) is 0 Å². The van der Waals surface area contributed by atoms with Crippen LogP contribution in [0.4, 0.5) is 0 Å². The summed E-state index contributed by atoms with van der Waals surface area (Å²) in [5, 5.41) is 0. The summed E-state index contributed by atoms with van der Waals surface area (Å²) < 4.78 is 16.1. The zero-order chi connectivity index (χ0) is 12.2. The molecular weight excluding hydrogens is 244 g/mol. The third-order valence-electron chi connectivity index (χ3n) is 1.80. The van der Waals surface area contributed by atoms with Gasteiger partial charge in [-0.15, -0.1) is 0 Å². The predicted octanol–water partition coefficient (Wildman–Crippen LogP) is 2.95. The average molecular weight is 264 g/mol. The summed E-state index contributed by atoms with van der Waals surface area (Å²) in [4.78, 5) is 0. The molecule has 0 aliphatic carbocycles. The van der Waals surface area contributed by atoms with Gasteiger partial charge in [-0.2, -0.15) is 0 Å². The fourth-order valence-corrected chi connectivity index (χ4v) is 1.09. The Labute approximate surface area is 109 Å². The molecule has 94 valence electrons. The number of hydrogen-bond donors (Lipinski definition) is 1. The Hall–Kier alpha value is -0.260. The van der Waals surface area contributed by atoms with Crippen LogP contribution in [-0.4, -0.2) is 30.8 Å². The highest BCUT2D eigenvalue weighted by Gasteiger charge is 1.98. The lowest BCUT2D eigenvalue weighted by molar-refractivity contribution is 0.0759. The van der Waals surface area contributed by atoms with E-state index in [9.17, 15) is 0 Å². The first-order chi connectivity index (χ1) is 7.70. The maximum Gasteiger partial charge on any atom is 0.216 e. The molecule has 0 aromatic carbocycles. The summed E-state index contributed by atoms with van der Waals surface area (Å²) in [6, 6.07) is 0. The third-order valence-corrected chi connectivity index (χ3v) is 2.05. The zero-order valence-corrected chi connectivity index (χ0v) is 11.6. The molecule has 0 heterocycles. The molecule has 0 unspecified atom stereocenters. The van der Waals surface area contributed by atoms with Crippen LogP contribution in [0, 0.1) is 0 Å². The van der Waals surface area contributed by atoms with Gasteiger partial charge in [-0.25, -0.2) is 0 Å². The zero-order valence-electron chi connectivity index (χ0n) is 9.90. The van der Waals surface area contributed by atoms with Crippen molar-refractivity contribution in [3.63, 3.8) is 0 Å². The minimum Gasteiger partial charge on any atom is -0.496 e. The molecule has 0 N–H and O–H groups in total. The molecule has 0 fully saturated rings. The fourth-order valence-electron chi connectivity index (χ4n) is 0.917. The third kappa shape index (κ3) is 10.3. The van der Waals surface area contributed by atoms with Gasteiger partial charge in [0.15, 0.2) is 0 Å². The van der Waals surface area contributed by atoms with Crippen molar-refractivity contribution in [2.45, 2.75) is 26.7 Å². The van der Waals surface area contributed by atoms with Crippen molar-refractivity contribution in [2.75, 3.05) is 26.4 Å². The number of thiocarbonyl (C=S) groups is 1. The average Bonchev–Trinajstić information content (AvgIpc) is 2.26. The number of ether oxygens (including phenoxy) is 3. The predicted molar refractivity (Wildman–Crippen MR) is 73.0 cm³/mol. The minimum absolute atomic E-state index is 0.244. The van der Waals surface area contributed by atoms with E-state index in [-0.39, 0.29) is 4.38 Å². The van der Waals surface area contributed by atoms with Crippen LogP contribution in [0.2, 0.25) is 0 Å². The molecule has 0 radical (unpaired) electrons. The van der Waals surface area contributed by atoms with E-state index in [0.717, 1.165) is 25.2 Å². The van der Waals surface area contributed by atoms with Gasteiger partial charge in [0.25, 0.3) is 0 Å². The van der Waals surface area contributed by atoms with Gasteiger partial charge in [0.1, 0.15) is 19.0 Å². The maximum absolute atomic E-state index is 5.51. The molecule has 0 rings (SSSR count). The Bertz CT molecular complexity index is 217. The Balaban J connectivity index is 3.45. The summed E-state index contributed by atoms with van der Waals surface area (Å²) in [6.45, 7) is 6.19. The molecule has 0 aliphatic heterocycles. The molecule has 0 aromatic rings. The van der Waals surface area contributed by atoms with E-state index in [1.807, 2.05) is 13.0 Å². The van der Waals surface area contributed by atoms with Gasteiger partial charge < -0.3 is 14.2 Å². The second-order valence-electron chi connectivity index (χ2n) is 3.12. The van der Waals surface area contributed by atoms with Crippen LogP contribution in [0.1, 0.15) is 26.7 Å². The highest BCUT2D eigenvalue weighted by molar-refractivity contribution is 8.10. The standard InChI is InChI=1S/C11H20O3S2/c1-3-5-6-13-10(4-2)9-12-7-8-14-11(15)16/h4H,3,5-9H2,1-2H3,(H,15,16). The summed E-state index contributed by atoms with van der Waals surface area (Å²) in [6.07, 6.45) is 4.11. The van der Waals surface area contributed by atoms with Crippen molar-refractivity contribution in [1.82, 2.24) is 0 Å². The number of rotatable bonds is 9. The van der Waals surface area contributed by atoms with Crippen molar-refractivity contribution < 1.29 is 14.2 Å². The van der Waals surface area contributed by atoms with Crippen molar-refractivity contribution in [3.05, 3.63) is 11.8 Å². The quantitative estimate of drug-likeness (QED) is 0.300. The van der Waals surface area contributed by atoms with Crippen LogP contribution in [0.5, 0.6) is 0 Å². The van der Waals surface area contributed by atoms with E-state index in [4.69, 9.17) is 14.2 Å². The van der Waals surface area contributed by atoms with E-state index in [1.165, 1.54) is 0 Å². The van der Waals surface area contributed by atoms with Crippen molar-refractivity contribution in [3.8, 4) is 0 Å². The van der Waals surface area contributed by atoms with Gasteiger partial charge in [0, 0.05) is 0 Å². The molecule has 0 aromatic heterocycles.